The third-order valence-electron chi connectivity index (χ3n) is 4.34. The molecule has 24 heavy (non-hydrogen) atoms. The van der Waals surface area contributed by atoms with Gasteiger partial charge in [-0.25, -0.2) is 4.79 Å². The summed E-state index contributed by atoms with van der Waals surface area (Å²) in [5, 5.41) is 16.1. The molecule has 1 saturated carbocycles. The Morgan fingerprint density at radius 2 is 2.08 bits per heavy atom. The lowest BCUT2D eigenvalue weighted by molar-refractivity contribution is -0.141. The molecular formula is C16H24N4O4. The molecule has 1 aliphatic carbocycles. The van der Waals surface area contributed by atoms with E-state index in [0.29, 0.717) is 6.04 Å². The summed E-state index contributed by atoms with van der Waals surface area (Å²) >= 11 is 0. The molecule has 1 heterocycles. The van der Waals surface area contributed by atoms with E-state index in [-0.39, 0.29) is 24.7 Å². The van der Waals surface area contributed by atoms with Crippen molar-refractivity contribution in [3.8, 4) is 0 Å². The zero-order valence-electron chi connectivity index (χ0n) is 14.1. The number of aromatic nitrogens is 2. The van der Waals surface area contributed by atoms with Gasteiger partial charge in [-0.1, -0.05) is 12.8 Å². The second-order valence-corrected chi connectivity index (χ2v) is 6.11. The molecule has 0 radical (unpaired) electrons. The van der Waals surface area contributed by atoms with Gasteiger partial charge < -0.3 is 15.3 Å². The van der Waals surface area contributed by atoms with E-state index < -0.39 is 17.9 Å². The minimum Gasteiger partial charge on any atom is -0.480 e. The fraction of sp³-hybridized carbons (Fsp3) is 0.625. The quantitative estimate of drug-likeness (QED) is 0.774. The molecule has 1 aromatic heterocycles. The fourth-order valence-corrected chi connectivity index (χ4v) is 2.93. The van der Waals surface area contributed by atoms with Crippen LogP contribution < -0.4 is 5.32 Å². The highest BCUT2D eigenvalue weighted by atomic mass is 16.4. The molecule has 2 amide bonds. The van der Waals surface area contributed by atoms with E-state index in [9.17, 15) is 19.5 Å². The third kappa shape index (κ3) is 4.33. The van der Waals surface area contributed by atoms with Crippen molar-refractivity contribution in [2.24, 2.45) is 0 Å². The molecule has 8 nitrogen and oxygen atoms in total. The number of carbonyl (C=O) groups is 3. The topological polar surface area (TPSA) is 105 Å². The first kappa shape index (κ1) is 18.0. The maximum atomic E-state index is 12.7. The van der Waals surface area contributed by atoms with Crippen LogP contribution in [0.4, 0.5) is 0 Å². The summed E-state index contributed by atoms with van der Waals surface area (Å²) in [6.45, 7) is 3.13. The van der Waals surface area contributed by atoms with Crippen LogP contribution in [0.25, 0.3) is 0 Å². The molecule has 0 spiro atoms. The van der Waals surface area contributed by atoms with E-state index in [4.69, 9.17) is 0 Å². The number of aliphatic carboxylic acids is 1. The van der Waals surface area contributed by atoms with E-state index in [2.05, 4.69) is 10.4 Å². The first-order valence-electron chi connectivity index (χ1n) is 8.23. The molecule has 1 fully saturated rings. The predicted molar refractivity (Wildman–Crippen MR) is 86.6 cm³/mol. The number of amides is 2. The summed E-state index contributed by atoms with van der Waals surface area (Å²) in [6, 6.07) is 0.944. The van der Waals surface area contributed by atoms with Gasteiger partial charge in [-0.05, 0) is 25.8 Å². The lowest BCUT2D eigenvalue weighted by Gasteiger charge is -2.25. The fourth-order valence-electron chi connectivity index (χ4n) is 2.93. The smallest absolute Gasteiger partial charge is 0.326 e. The van der Waals surface area contributed by atoms with Crippen LogP contribution in [0.5, 0.6) is 0 Å². The predicted octanol–water partition coefficient (Wildman–Crippen LogP) is 1.05. The second-order valence-electron chi connectivity index (χ2n) is 6.11. The van der Waals surface area contributed by atoms with Gasteiger partial charge in [-0.3, -0.25) is 14.3 Å². The van der Waals surface area contributed by atoms with Crippen LogP contribution in [0.2, 0.25) is 0 Å². The molecule has 1 aliphatic rings. The second kappa shape index (κ2) is 7.94. The molecule has 0 aromatic carbocycles. The van der Waals surface area contributed by atoms with E-state index in [1.54, 1.807) is 16.9 Å². The number of carboxylic acids is 1. The van der Waals surface area contributed by atoms with Crippen molar-refractivity contribution in [2.75, 3.05) is 13.1 Å². The van der Waals surface area contributed by atoms with Crippen molar-refractivity contribution in [1.29, 1.82) is 0 Å². The molecule has 0 saturated heterocycles. The van der Waals surface area contributed by atoms with Gasteiger partial charge in [0.05, 0.1) is 6.04 Å². The molecule has 2 N–H and O–H groups in total. The maximum absolute atomic E-state index is 12.7. The molecule has 1 unspecified atom stereocenters. The van der Waals surface area contributed by atoms with E-state index >= 15 is 0 Å². The Morgan fingerprint density at radius 3 is 2.67 bits per heavy atom. The maximum Gasteiger partial charge on any atom is 0.326 e. The Labute approximate surface area is 140 Å². The Morgan fingerprint density at radius 1 is 1.42 bits per heavy atom. The van der Waals surface area contributed by atoms with Crippen LogP contribution in [0, 0.1) is 0 Å². The van der Waals surface area contributed by atoms with Crippen molar-refractivity contribution in [3.63, 3.8) is 0 Å². The lowest BCUT2D eigenvalue weighted by Crippen LogP contribution is -2.46. The summed E-state index contributed by atoms with van der Waals surface area (Å²) in [5.74, 6) is -1.76. The highest BCUT2D eigenvalue weighted by Crippen LogP contribution is 2.28. The molecule has 8 heteroatoms. The first-order chi connectivity index (χ1) is 11.4. The van der Waals surface area contributed by atoms with Crippen molar-refractivity contribution in [3.05, 3.63) is 18.0 Å². The monoisotopic (exact) mass is 336 g/mol. The number of hydrogen-bond acceptors (Lipinski definition) is 4. The van der Waals surface area contributed by atoms with Gasteiger partial charge in [0, 0.05) is 26.2 Å². The average Bonchev–Trinajstić information content (AvgIpc) is 3.20. The Kier molecular flexibility index (Phi) is 5.94. The largest absolute Gasteiger partial charge is 0.480 e. The van der Waals surface area contributed by atoms with Crippen LogP contribution in [-0.4, -0.2) is 56.7 Å². The van der Waals surface area contributed by atoms with Crippen LogP contribution in [0.3, 0.4) is 0 Å². The standard InChI is InChI=1S/C16H24N4O4/c1-11(16(23)24)19(10-8-17-12(2)21)15(22)14-7-9-20(18-14)13-5-3-4-6-13/h7,9,11,13H,3-6,8,10H2,1-2H3,(H,17,21)(H,23,24). The molecule has 1 aromatic rings. The Hall–Kier alpha value is -2.38. The summed E-state index contributed by atoms with van der Waals surface area (Å²) in [5.41, 5.74) is 0.234. The van der Waals surface area contributed by atoms with Crippen LogP contribution in [0.1, 0.15) is 56.1 Å². The van der Waals surface area contributed by atoms with E-state index in [1.807, 2.05) is 0 Å². The number of rotatable bonds is 7. The van der Waals surface area contributed by atoms with Crippen molar-refractivity contribution in [2.45, 2.75) is 51.6 Å². The summed E-state index contributed by atoms with van der Waals surface area (Å²) in [4.78, 5) is 36.1. The Balaban J connectivity index is 2.10. The number of hydrogen-bond donors (Lipinski definition) is 2. The van der Waals surface area contributed by atoms with Gasteiger partial charge in [0.15, 0.2) is 0 Å². The van der Waals surface area contributed by atoms with Crippen LogP contribution in [0.15, 0.2) is 12.3 Å². The SMILES string of the molecule is CC(=O)NCCN(C(=O)c1ccn(C2CCCC2)n1)C(C)C(=O)O. The summed E-state index contributed by atoms with van der Waals surface area (Å²) < 4.78 is 1.80. The van der Waals surface area contributed by atoms with Crippen LogP contribution >= 0.6 is 0 Å². The molecular weight excluding hydrogens is 312 g/mol. The minimum atomic E-state index is -1.10. The van der Waals surface area contributed by atoms with Crippen molar-refractivity contribution >= 4 is 17.8 Å². The highest BCUT2D eigenvalue weighted by Gasteiger charge is 2.28. The van der Waals surface area contributed by atoms with Gasteiger partial charge in [0.1, 0.15) is 11.7 Å². The van der Waals surface area contributed by atoms with Gasteiger partial charge in [-0.2, -0.15) is 5.10 Å². The zero-order valence-corrected chi connectivity index (χ0v) is 14.1. The van der Waals surface area contributed by atoms with Gasteiger partial charge in [0.25, 0.3) is 5.91 Å². The average molecular weight is 336 g/mol. The first-order valence-corrected chi connectivity index (χ1v) is 8.23. The third-order valence-corrected chi connectivity index (χ3v) is 4.34. The van der Waals surface area contributed by atoms with Gasteiger partial charge in [-0.15, -0.1) is 0 Å². The van der Waals surface area contributed by atoms with Crippen molar-refractivity contribution in [1.82, 2.24) is 20.0 Å². The summed E-state index contributed by atoms with van der Waals surface area (Å²) in [6.07, 6.45) is 6.19. The minimum absolute atomic E-state index is 0.113. The molecule has 0 bridgehead atoms. The summed E-state index contributed by atoms with van der Waals surface area (Å²) in [7, 11) is 0. The number of carbonyl (C=O) groups excluding carboxylic acids is 2. The molecule has 132 valence electrons. The number of nitrogens with zero attached hydrogens (tertiary/aromatic N) is 3. The van der Waals surface area contributed by atoms with E-state index in [1.165, 1.54) is 18.7 Å². The van der Waals surface area contributed by atoms with Crippen LogP contribution in [-0.2, 0) is 9.59 Å². The zero-order chi connectivity index (χ0) is 17.7. The molecule has 2 rings (SSSR count). The molecule has 1 atom stereocenters. The number of nitrogens with one attached hydrogen (secondary N) is 1. The van der Waals surface area contributed by atoms with Crippen molar-refractivity contribution < 1.29 is 19.5 Å². The highest BCUT2D eigenvalue weighted by molar-refractivity contribution is 5.94. The van der Waals surface area contributed by atoms with Gasteiger partial charge >= 0.3 is 5.97 Å². The normalized spacial score (nSPS) is 15.9. The molecule has 0 aliphatic heterocycles. The Bertz CT molecular complexity index is 607. The lowest BCUT2D eigenvalue weighted by atomic mass is 10.2. The number of carboxylic acid groups (broad SMARTS) is 1. The van der Waals surface area contributed by atoms with Gasteiger partial charge in [0.2, 0.25) is 5.91 Å². The van der Waals surface area contributed by atoms with E-state index in [0.717, 1.165) is 25.7 Å².